The van der Waals surface area contributed by atoms with Crippen molar-refractivity contribution >= 4 is 11.9 Å². The van der Waals surface area contributed by atoms with Gasteiger partial charge in [-0.15, -0.1) is 0 Å². The average molecular weight is 503 g/mol. The molecule has 0 heterocycles. The molecule has 0 aliphatic heterocycles. The molecule has 2 unspecified atom stereocenters. The van der Waals surface area contributed by atoms with Gasteiger partial charge in [0.1, 0.15) is 0 Å². The van der Waals surface area contributed by atoms with Crippen LogP contribution >= 0.6 is 0 Å². The molecule has 6 nitrogen and oxygen atoms in total. The van der Waals surface area contributed by atoms with Crippen molar-refractivity contribution in [1.82, 2.24) is 0 Å². The maximum Gasteiger partial charge on any atom is 0.312 e. The molecule has 6 heteroatoms. The Kier molecular flexibility index (Phi) is 5.53. The fourth-order valence-electron chi connectivity index (χ4n) is 10.7. The lowest BCUT2D eigenvalue weighted by molar-refractivity contribution is -0.239. The van der Waals surface area contributed by atoms with E-state index in [1.54, 1.807) is 6.92 Å². The quantitative estimate of drug-likeness (QED) is 0.383. The van der Waals surface area contributed by atoms with Gasteiger partial charge in [0.25, 0.3) is 0 Å². The van der Waals surface area contributed by atoms with Gasteiger partial charge in [-0.25, -0.2) is 0 Å². The first-order valence-electron chi connectivity index (χ1n) is 14.0. The zero-order valence-electron chi connectivity index (χ0n) is 22.9. The third-order valence-electron chi connectivity index (χ3n) is 13.1. The highest BCUT2D eigenvalue weighted by Gasteiger charge is 2.71. The molecular formula is C30H46O6. The van der Waals surface area contributed by atoms with Crippen molar-refractivity contribution in [2.24, 2.45) is 50.2 Å². The number of fused-ring (bicyclic) bond motifs is 7. The van der Waals surface area contributed by atoms with Crippen molar-refractivity contribution in [3.8, 4) is 0 Å². The van der Waals surface area contributed by atoms with Crippen LogP contribution in [0.5, 0.6) is 0 Å². The van der Waals surface area contributed by atoms with Gasteiger partial charge in [0, 0.05) is 0 Å². The lowest BCUT2D eigenvalue weighted by Crippen LogP contribution is -2.68. The molecule has 0 saturated heterocycles. The first kappa shape index (κ1) is 26.2. The van der Waals surface area contributed by atoms with Crippen molar-refractivity contribution in [3.63, 3.8) is 0 Å². The average Bonchev–Trinajstić information content (AvgIpc) is 2.77. The van der Waals surface area contributed by atoms with E-state index in [0.717, 1.165) is 38.5 Å². The molecule has 5 aliphatic rings. The molecule has 0 aromatic heterocycles. The lowest BCUT2D eigenvalue weighted by atomic mass is 9.33. The SMILES string of the molecule is CC1(C)CCC2(C(=O)O)CC[C@]3(C)C(=CC[C@@H]4[C@@]5(C)C[C@H](O)[C@H](O)[C@@](C)(C(=O)O)C5CC[C@]43C)[C@@H]2C1. The number of aliphatic carboxylic acids is 2. The highest BCUT2D eigenvalue weighted by Crippen LogP contribution is 2.75. The maximum atomic E-state index is 12.8. The molecule has 0 amide bonds. The van der Waals surface area contributed by atoms with Gasteiger partial charge in [-0.2, -0.15) is 0 Å². The summed E-state index contributed by atoms with van der Waals surface area (Å²) in [5.74, 6) is -1.71. The second-order valence-corrected chi connectivity index (χ2v) is 15.0. The number of carboxylic acids is 2. The molecule has 10 atom stereocenters. The number of carboxylic acid groups (broad SMARTS) is 2. The Bertz CT molecular complexity index is 1020. The predicted octanol–water partition coefficient (Wildman–Crippen LogP) is 5.27. The third kappa shape index (κ3) is 2.98. The molecule has 0 bridgehead atoms. The first-order valence-corrected chi connectivity index (χ1v) is 14.0. The summed E-state index contributed by atoms with van der Waals surface area (Å²) in [6.45, 7) is 13.0. The smallest absolute Gasteiger partial charge is 0.312 e. The summed E-state index contributed by atoms with van der Waals surface area (Å²) in [5, 5.41) is 42.6. The van der Waals surface area contributed by atoms with E-state index in [9.17, 15) is 30.0 Å². The maximum absolute atomic E-state index is 12.8. The molecule has 202 valence electrons. The van der Waals surface area contributed by atoms with Gasteiger partial charge in [0.05, 0.1) is 23.0 Å². The van der Waals surface area contributed by atoms with Crippen LogP contribution in [0.15, 0.2) is 11.6 Å². The summed E-state index contributed by atoms with van der Waals surface area (Å²) < 4.78 is 0. The topological polar surface area (TPSA) is 115 Å². The fraction of sp³-hybridized carbons (Fsp3) is 0.867. The zero-order chi connectivity index (χ0) is 26.7. The number of hydrogen-bond acceptors (Lipinski definition) is 4. The monoisotopic (exact) mass is 502 g/mol. The normalized spacial score (nSPS) is 53.7. The molecule has 5 aliphatic carbocycles. The van der Waals surface area contributed by atoms with Crippen LogP contribution in [0.25, 0.3) is 0 Å². The predicted molar refractivity (Wildman–Crippen MR) is 136 cm³/mol. The van der Waals surface area contributed by atoms with Gasteiger partial charge in [0.15, 0.2) is 0 Å². The van der Waals surface area contributed by atoms with Crippen LogP contribution in [-0.2, 0) is 9.59 Å². The minimum absolute atomic E-state index is 0.0314. The van der Waals surface area contributed by atoms with Gasteiger partial charge in [-0.05, 0) is 104 Å². The van der Waals surface area contributed by atoms with Gasteiger partial charge < -0.3 is 20.4 Å². The largest absolute Gasteiger partial charge is 0.481 e. The van der Waals surface area contributed by atoms with Crippen LogP contribution in [0.3, 0.4) is 0 Å². The number of aliphatic hydroxyl groups is 2. The summed E-state index contributed by atoms with van der Waals surface area (Å²) >= 11 is 0. The number of rotatable bonds is 2. The van der Waals surface area contributed by atoms with E-state index in [4.69, 9.17) is 0 Å². The summed E-state index contributed by atoms with van der Waals surface area (Å²) in [7, 11) is 0. The Labute approximate surface area is 215 Å². The van der Waals surface area contributed by atoms with Crippen molar-refractivity contribution in [2.45, 2.75) is 112 Å². The molecule has 0 spiro atoms. The van der Waals surface area contributed by atoms with Crippen LogP contribution in [-0.4, -0.2) is 44.6 Å². The Morgan fingerprint density at radius 2 is 1.47 bits per heavy atom. The van der Waals surface area contributed by atoms with E-state index in [1.165, 1.54) is 5.57 Å². The molecule has 4 N–H and O–H groups in total. The molecule has 36 heavy (non-hydrogen) atoms. The molecule has 4 fully saturated rings. The third-order valence-corrected chi connectivity index (χ3v) is 13.1. The van der Waals surface area contributed by atoms with E-state index in [2.05, 4.69) is 40.7 Å². The van der Waals surface area contributed by atoms with Crippen LogP contribution in [0, 0.1) is 50.2 Å². The van der Waals surface area contributed by atoms with E-state index in [-0.39, 0.29) is 34.0 Å². The molecule has 5 rings (SSSR count). The molecule has 0 radical (unpaired) electrons. The van der Waals surface area contributed by atoms with Gasteiger partial charge in [-0.1, -0.05) is 46.3 Å². The van der Waals surface area contributed by atoms with Crippen LogP contribution in [0.4, 0.5) is 0 Å². The van der Waals surface area contributed by atoms with Gasteiger partial charge >= 0.3 is 11.9 Å². The highest BCUT2D eigenvalue weighted by atomic mass is 16.4. The number of allylic oxidation sites excluding steroid dienone is 2. The van der Waals surface area contributed by atoms with Crippen molar-refractivity contribution in [2.75, 3.05) is 0 Å². The van der Waals surface area contributed by atoms with E-state index >= 15 is 0 Å². The van der Waals surface area contributed by atoms with Crippen molar-refractivity contribution in [3.05, 3.63) is 11.6 Å². The first-order chi connectivity index (χ1) is 16.5. The van der Waals surface area contributed by atoms with Gasteiger partial charge in [-0.3, -0.25) is 9.59 Å². The highest BCUT2D eigenvalue weighted by molar-refractivity contribution is 5.77. The Morgan fingerprint density at radius 1 is 0.833 bits per heavy atom. The molecule has 4 saturated carbocycles. The Morgan fingerprint density at radius 3 is 2.08 bits per heavy atom. The summed E-state index contributed by atoms with van der Waals surface area (Å²) in [5.41, 5.74) is -1.36. The summed E-state index contributed by atoms with van der Waals surface area (Å²) in [6.07, 6.45) is 6.80. The van der Waals surface area contributed by atoms with Crippen LogP contribution in [0.2, 0.25) is 0 Å². The Balaban J connectivity index is 1.62. The Hall–Kier alpha value is -1.40. The second-order valence-electron chi connectivity index (χ2n) is 15.0. The zero-order valence-corrected chi connectivity index (χ0v) is 22.9. The second kappa shape index (κ2) is 7.59. The van der Waals surface area contributed by atoms with E-state index in [0.29, 0.717) is 19.3 Å². The number of carbonyl (C=O) groups is 2. The van der Waals surface area contributed by atoms with Crippen molar-refractivity contribution in [1.29, 1.82) is 0 Å². The number of hydrogen-bond donors (Lipinski definition) is 4. The molecule has 0 aromatic rings. The summed E-state index contributed by atoms with van der Waals surface area (Å²) in [6, 6.07) is 0. The van der Waals surface area contributed by atoms with Crippen molar-refractivity contribution < 1.29 is 30.0 Å². The summed E-state index contributed by atoms with van der Waals surface area (Å²) in [4.78, 5) is 25.3. The number of aliphatic hydroxyl groups excluding tert-OH is 2. The standard InChI is InChI=1S/C30H46O6/c1-25(2)11-13-30(24(35)36)14-12-27(4)17(18(30)15-25)7-8-20-26(3)16-19(31)22(32)29(6,23(33)34)21(26)9-10-28(20,27)5/h7,18-22,31-32H,8-16H2,1-6H3,(H,33,34)(H,35,36)/t18-,19-,20+,21?,22-,26+,27+,28+,29-,30?/m0/s1. The van der Waals surface area contributed by atoms with Crippen LogP contribution in [0.1, 0.15) is 99.3 Å². The minimum Gasteiger partial charge on any atom is -0.481 e. The minimum atomic E-state index is -1.39. The molecule has 0 aromatic carbocycles. The van der Waals surface area contributed by atoms with E-state index in [1.807, 2.05) is 0 Å². The fourth-order valence-corrected chi connectivity index (χ4v) is 10.7. The lowest BCUT2D eigenvalue weighted by Gasteiger charge is -2.71. The van der Waals surface area contributed by atoms with Crippen LogP contribution < -0.4 is 0 Å². The molecular weight excluding hydrogens is 456 g/mol. The van der Waals surface area contributed by atoms with Gasteiger partial charge in [0.2, 0.25) is 0 Å². The van der Waals surface area contributed by atoms with E-state index < -0.39 is 40.4 Å².